The molecule has 0 saturated heterocycles. The number of benzene rings is 2. The van der Waals surface area contributed by atoms with Crippen molar-refractivity contribution in [2.75, 3.05) is 13.7 Å². The molecule has 1 aromatic heterocycles. The van der Waals surface area contributed by atoms with Crippen LogP contribution in [0.5, 0.6) is 5.75 Å². The van der Waals surface area contributed by atoms with Crippen molar-refractivity contribution < 1.29 is 9.53 Å². The van der Waals surface area contributed by atoms with E-state index in [0.717, 1.165) is 47.5 Å². The molecule has 1 saturated carbocycles. The minimum atomic E-state index is -0.152. The highest BCUT2D eigenvalue weighted by Gasteiger charge is 2.54. The van der Waals surface area contributed by atoms with Crippen LogP contribution < -0.4 is 4.74 Å². The van der Waals surface area contributed by atoms with Gasteiger partial charge in [-0.15, -0.1) is 0 Å². The number of carbonyl (C=O) groups is 1. The maximum Gasteiger partial charge on any atom is 0.220 e. The van der Waals surface area contributed by atoms with Gasteiger partial charge in [-0.3, -0.25) is 4.79 Å². The molecule has 2 aliphatic rings. The molecule has 3 aromatic rings. The third kappa shape index (κ3) is 2.33. The predicted molar refractivity (Wildman–Crippen MR) is 111 cm³/mol. The Hall–Kier alpha value is -2.75. The summed E-state index contributed by atoms with van der Waals surface area (Å²) in [6.07, 6.45) is 2.28. The first-order valence-corrected chi connectivity index (χ1v) is 9.98. The van der Waals surface area contributed by atoms with Gasteiger partial charge in [0.15, 0.2) is 0 Å². The number of carbonyl (C=O) groups excluding carboxylic acids is 1. The molecule has 0 bridgehead atoms. The fraction of sp³-hybridized carbons (Fsp3) is 0.375. The summed E-state index contributed by atoms with van der Waals surface area (Å²) in [5.74, 6) is 0.948. The lowest BCUT2D eigenvalue weighted by atomic mass is 9.82. The molecule has 1 aliphatic carbocycles. The van der Waals surface area contributed by atoms with E-state index >= 15 is 0 Å². The van der Waals surface area contributed by atoms with Crippen LogP contribution >= 0.6 is 0 Å². The number of nitrogens with one attached hydrogen (secondary N) is 1. The van der Waals surface area contributed by atoms with E-state index in [1.54, 1.807) is 14.0 Å². The Balaban J connectivity index is 1.82. The molecule has 1 aliphatic heterocycles. The molecular formula is C24H26N2O2. The third-order valence-corrected chi connectivity index (χ3v) is 6.59. The van der Waals surface area contributed by atoms with Crippen LogP contribution in [0.25, 0.3) is 10.9 Å². The summed E-state index contributed by atoms with van der Waals surface area (Å²) >= 11 is 0. The standard InChI is InChI=1S/C24H26N2O2/c1-14-8-9-17(19(12-14)28-4)23-22-21(20-15(2)6-5-7-18(20)25-22)24(10-11-24)13-26(23)16(3)27/h5-9,12,23,25H,10-11,13H2,1-4H3. The molecule has 1 N–H and O–H groups in total. The first-order chi connectivity index (χ1) is 13.4. The second kappa shape index (κ2) is 5.87. The van der Waals surface area contributed by atoms with Crippen LogP contribution in [-0.4, -0.2) is 29.4 Å². The average Bonchev–Trinajstić information content (AvgIpc) is 3.31. The molecule has 1 unspecified atom stereocenters. The highest BCUT2D eigenvalue weighted by atomic mass is 16.5. The van der Waals surface area contributed by atoms with Gasteiger partial charge in [0.1, 0.15) is 11.8 Å². The zero-order valence-electron chi connectivity index (χ0n) is 16.9. The first kappa shape index (κ1) is 17.4. The summed E-state index contributed by atoms with van der Waals surface area (Å²) in [6, 6.07) is 12.6. The van der Waals surface area contributed by atoms with Crippen LogP contribution in [0.4, 0.5) is 0 Å². The number of ether oxygens (including phenoxy) is 1. The topological polar surface area (TPSA) is 45.3 Å². The van der Waals surface area contributed by atoms with E-state index in [1.807, 2.05) is 4.90 Å². The van der Waals surface area contributed by atoms with Crippen molar-refractivity contribution in [1.29, 1.82) is 0 Å². The first-order valence-electron chi connectivity index (χ1n) is 9.98. The monoisotopic (exact) mass is 374 g/mol. The van der Waals surface area contributed by atoms with Crippen molar-refractivity contribution >= 4 is 16.8 Å². The number of methoxy groups -OCH3 is 1. The zero-order valence-corrected chi connectivity index (χ0v) is 16.9. The summed E-state index contributed by atoms with van der Waals surface area (Å²) in [7, 11) is 1.71. The van der Waals surface area contributed by atoms with E-state index in [4.69, 9.17) is 4.74 Å². The Bertz CT molecular complexity index is 1110. The minimum absolute atomic E-state index is 0.0970. The van der Waals surface area contributed by atoms with Crippen molar-refractivity contribution in [2.45, 2.75) is 45.1 Å². The SMILES string of the molecule is COc1cc(C)ccc1C1c2[nH]c3cccc(C)c3c2C2(CC2)CN1C(C)=O. The maximum absolute atomic E-state index is 12.7. The Labute approximate surface area is 165 Å². The van der Waals surface area contributed by atoms with Crippen molar-refractivity contribution in [2.24, 2.45) is 0 Å². The fourth-order valence-electron chi connectivity index (χ4n) is 5.07. The molecular weight excluding hydrogens is 348 g/mol. The van der Waals surface area contributed by atoms with Gasteiger partial charge in [0.05, 0.1) is 7.11 Å². The molecule has 28 heavy (non-hydrogen) atoms. The fourth-order valence-corrected chi connectivity index (χ4v) is 5.07. The number of H-pyrrole nitrogens is 1. The van der Waals surface area contributed by atoms with Gasteiger partial charge >= 0.3 is 0 Å². The second-order valence-electron chi connectivity index (χ2n) is 8.49. The molecule has 4 nitrogen and oxygen atoms in total. The molecule has 2 heterocycles. The van der Waals surface area contributed by atoms with Gasteiger partial charge in [-0.05, 0) is 55.5 Å². The number of amides is 1. The van der Waals surface area contributed by atoms with Crippen LogP contribution in [0.3, 0.4) is 0 Å². The Morgan fingerprint density at radius 2 is 2.00 bits per heavy atom. The largest absolute Gasteiger partial charge is 0.496 e. The van der Waals surface area contributed by atoms with Gasteiger partial charge in [-0.2, -0.15) is 0 Å². The highest BCUT2D eigenvalue weighted by molar-refractivity contribution is 5.91. The number of aromatic nitrogens is 1. The molecule has 1 atom stereocenters. The van der Waals surface area contributed by atoms with E-state index in [0.29, 0.717) is 0 Å². The van der Waals surface area contributed by atoms with Crippen LogP contribution in [-0.2, 0) is 10.2 Å². The van der Waals surface area contributed by atoms with Gasteiger partial charge in [0.25, 0.3) is 0 Å². The van der Waals surface area contributed by atoms with Crippen molar-refractivity contribution in [1.82, 2.24) is 9.88 Å². The van der Waals surface area contributed by atoms with Crippen molar-refractivity contribution in [3.05, 3.63) is 64.3 Å². The predicted octanol–water partition coefficient (Wildman–Crippen LogP) is 4.78. The number of aromatic amines is 1. The third-order valence-electron chi connectivity index (χ3n) is 6.59. The Morgan fingerprint density at radius 3 is 2.68 bits per heavy atom. The van der Waals surface area contributed by atoms with E-state index in [1.165, 1.54) is 16.5 Å². The van der Waals surface area contributed by atoms with Crippen LogP contribution in [0.15, 0.2) is 36.4 Å². The number of aryl methyl sites for hydroxylation is 2. The normalized spacial score (nSPS) is 19.7. The number of rotatable bonds is 2. The molecule has 1 spiro atoms. The maximum atomic E-state index is 12.7. The van der Waals surface area contributed by atoms with Crippen LogP contribution in [0, 0.1) is 13.8 Å². The minimum Gasteiger partial charge on any atom is -0.496 e. The molecule has 5 rings (SSSR count). The van der Waals surface area contributed by atoms with E-state index in [9.17, 15) is 4.79 Å². The molecule has 1 amide bonds. The summed E-state index contributed by atoms with van der Waals surface area (Å²) in [5, 5.41) is 1.34. The molecule has 0 radical (unpaired) electrons. The number of hydrogen-bond donors (Lipinski definition) is 1. The van der Waals surface area contributed by atoms with E-state index in [-0.39, 0.29) is 17.4 Å². The Morgan fingerprint density at radius 1 is 1.21 bits per heavy atom. The van der Waals surface area contributed by atoms with Gasteiger partial charge in [0.2, 0.25) is 5.91 Å². The van der Waals surface area contributed by atoms with Crippen LogP contribution in [0.2, 0.25) is 0 Å². The summed E-state index contributed by atoms with van der Waals surface area (Å²) < 4.78 is 5.74. The van der Waals surface area contributed by atoms with Crippen molar-refractivity contribution in [3.63, 3.8) is 0 Å². The van der Waals surface area contributed by atoms with Gasteiger partial charge in [-0.25, -0.2) is 0 Å². The second-order valence-corrected chi connectivity index (χ2v) is 8.49. The highest BCUT2D eigenvalue weighted by Crippen LogP contribution is 2.58. The van der Waals surface area contributed by atoms with Crippen molar-refractivity contribution in [3.8, 4) is 5.75 Å². The molecule has 4 heteroatoms. The summed E-state index contributed by atoms with van der Waals surface area (Å²) in [5.41, 5.74) is 7.34. The van der Waals surface area contributed by atoms with E-state index < -0.39 is 0 Å². The van der Waals surface area contributed by atoms with Gasteiger partial charge < -0.3 is 14.6 Å². The average molecular weight is 374 g/mol. The Kier molecular flexibility index (Phi) is 3.64. The summed E-state index contributed by atoms with van der Waals surface area (Å²) in [6.45, 7) is 6.71. The lowest BCUT2D eigenvalue weighted by Gasteiger charge is -2.40. The molecule has 2 aromatic carbocycles. The zero-order chi connectivity index (χ0) is 19.6. The summed E-state index contributed by atoms with van der Waals surface area (Å²) in [4.78, 5) is 18.5. The number of nitrogens with zero attached hydrogens (tertiary/aromatic N) is 1. The molecule has 1 fully saturated rings. The smallest absolute Gasteiger partial charge is 0.220 e. The lowest BCUT2D eigenvalue weighted by Crippen LogP contribution is -2.44. The quantitative estimate of drug-likeness (QED) is 0.702. The lowest BCUT2D eigenvalue weighted by molar-refractivity contribution is -0.131. The van der Waals surface area contributed by atoms with Crippen LogP contribution in [0.1, 0.15) is 53.8 Å². The van der Waals surface area contributed by atoms with Gasteiger partial charge in [0, 0.05) is 41.0 Å². The van der Waals surface area contributed by atoms with Gasteiger partial charge in [-0.1, -0.05) is 24.3 Å². The molecule has 144 valence electrons. The van der Waals surface area contributed by atoms with E-state index in [2.05, 4.69) is 55.2 Å². The number of hydrogen-bond acceptors (Lipinski definition) is 2. The number of fused-ring (bicyclic) bond motifs is 4.